The summed E-state index contributed by atoms with van der Waals surface area (Å²) in [4.78, 5) is 10.8. The number of carboxylic acids is 1. The molecule has 0 spiro atoms. The molecule has 1 unspecified atom stereocenters. The molecule has 0 aliphatic heterocycles. The molecule has 0 aliphatic carbocycles. The molecule has 1 N–H and O–H groups in total. The molecule has 0 saturated carbocycles. The fourth-order valence-electron chi connectivity index (χ4n) is 1.37. The number of carbonyl (C=O) groups is 1. The van der Waals surface area contributed by atoms with Crippen molar-refractivity contribution in [2.45, 2.75) is 12.8 Å². The monoisotopic (exact) mass is 224 g/mol. The van der Waals surface area contributed by atoms with E-state index in [0.29, 0.717) is 12.8 Å². The topological polar surface area (TPSA) is 54.4 Å². The van der Waals surface area contributed by atoms with Gasteiger partial charge in [-0.1, -0.05) is 30.3 Å². The average molecular weight is 224 g/mol. The molecule has 0 aromatic heterocycles. The van der Waals surface area contributed by atoms with Crippen molar-refractivity contribution < 1.29 is 14.5 Å². The van der Waals surface area contributed by atoms with Gasteiger partial charge in [-0.15, -0.1) is 0 Å². The van der Waals surface area contributed by atoms with E-state index in [2.05, 4.69) is 0 Å². The highest BCUT2D eigenvalue weighted by atomic mass is 31.1. The van der Waals surface area contributed by atoms with Crippen LogP contribution in [-0.2, 0) is 15.8 Å². The summed E-state index contributed by atoms with van der Waals surface area (Å²) in [6, 6.07) is 9.71. The third kappa shape index (κ3) is 4.22. The second-order valence-corrected chi connectivity index (χ2v) is 3.99. The Hall–Kier alpha value is -1.21. The largest absolute Gasteiger partial charge is 0.481 e. The first-order valence-electron chi connectivity index (χ1n) is 4.80. The van der Waals surface area contributed by atoms with E-state index in [1.54, 1.807) is 0 Å². The predicted octanol–water partition coefficient (Wildman–Crippen LogP) is 2.61. The van der Waals surface area contributed by atoms with E-state index in [1.807, 2.05) is 30.3 Å². The number of rotatable bonds is 6. The average Bonchev–Trinajstić information content (AvgIpc) is 2.25. The number of benzene rings is 1. The molecule has 0 bridgehead atoms. The maximum atomic E-state index is 10.8. The van der Waals surface area contributed by atoms with E-state index in [9.17, 15) is 9.36 Å². The van der Waals surface area contributed by atoms with Crippen molar-refractivity contribution in [3.05, 3.63) is 35.9 Å². The number of hydrogen-bond donors (Lipinski definition) is 1. The summed E-state index contributed by atoms with van der Waals surface area (Å²) < 4.78 is 10.4. The first-order valence-corrected chi connectivity index (χ1v) is 5.79. The van der Waals surface area contributed by atoms with Gasteiger partial charge in [0.05, 0.1) is 5.92 Å². The summed E-state index contributed by atoms with van der Waals surface area (Å²) in [6.07, 6.45) is 1.45. The normalized spacial score (nSPS) is 12.5. The minimum Gasteiger partial charge on any atom is -0.481 e. The minimum absolute atomic E-state index is 0.0950. The van der Waals surface area contributed by atoms with Crippen LogP contribution in [0.4, 0.5) is 0 Å². The van der Waals surface area contributed by atoms with Gasteiger partial charge in [0, 0.05) is 6.16 Å². The maximum absolute atomic E-state index is 10.8. The van der Waals surface area contributed by atoms with Gasteiger partial charge in [-0.25, -0.2) is 0 Å². The molecule has 80 valence electrons. The molecule has 3 nitrogen and oxygen atoms in total. The van der Waals surface area contributed by atoms with Crippen molar-refractivity contribution in [2.24, 2.45) is 5.92 Å². The number of carboxylic acid groups (broad SMARTS) is 1. The Morgan fingerprint density at radius 1 is 1.33 bits per heavy atom. The van der Waals surface area contributed by atoms with Gasteiger partial charge in [0.2, 0.25) is 0 Å². The number of aryl methyl sites for hydroxylation is 1. The third-order valence-electron chi connectivity index (χ3n) is 2.27. The quantitative estimate of drug-likeness (QED) is 0.755. The first-order chi connectivity index (χ1) is 7.24. The van der Waals surface area contributed by atoms with Gasteiger partial charge in [-0.2, -0.15) is 0 Å². The van der Waals surface area contributed by atoms with Crippen LogP contribution in [0.15, 0.2) is 30.3 Å². The standard InChI is InChI=1S/C11H13O3P/c12-11(13)10(8-15-14)7-6-9-4-2-1-3-5-9/h1-5,10H,6-8H2,(H,12,13). The number of aliphatic carboxylic acids is 1. The summed E-state index contributed by atoms with van der Waals surface area (Å²) in [5, 5.41) is 8.84. The Morgan fingerprint density at radius 3 is 2.53 bits per heavy atom. The van der Waals surface area contributed by atoms with Crippen molar-refractivity contribution >= 4 is 14.4 Å². The Kier molecular flexibility index (Phi) is 4.99. The fraction of sp³-hybridized carbons (Fsp3) is 0.364. The zero-order valence-corrected chi connectivity index (χ0v) is 9.19. The van der Waals surface area contributed by atoms with Gasteiger partial charge in [0.1, 0.15) is 0 Å². The van der Waals surface area contributed by atoms with Gasteiger partial charge in [0.25, 0.3) is 0 Å². The van der Waals surface area contributed by atoms with E-state index < -0.39 is 11.9 Å². The van der Waals surface area contributed by atoms with Gasteiger partial charge in [0.15, 0.2) is 8.46 Å². The Labute approximate surface area is 90.3 Å². The van der Waals surface area contributed by atoms with Crippen LogP contribution in [0.2, 0.25) is 0 Å². The lowest BCUT2D eigenvalue weighted by Crippen LogP contribution is -2.16. The SMILES string of the molecule is O=PCC(CCc1ccccc1)C(=O)O. The zero-order chi connectivity index (χ0) is 11.1. The summed E-state index contributed by atoms with van der Waals surface area (Å²) in [5.74, 6) is -1.38. The predicted molar refractivity (Wildman–Crippen MR) is 58.4 cm³/mol. The molecule has 0 amide bonds. The van der Waals surface area contributed by atoms with Crippen LogP contribution in [0.3, 0.4) is 0 Å². The van der Waals surface area contributed by atoms with Crippen LogP contribution in [0.1, 0.15) is 12.0 Å². The minimum atomic E-state index is -0.866. The van der Waals surface area contributed by atoms with Crippen molar-refractivity contribution in [2.75, 3.05) is 6.16 Å². The lowest BCUT2D eigenvalue weighted by atomic mass is 10.0. The molecule has 0 saturated heterocycles. The second-order valence-electron chi connectivity index (χ2n) is 3.37. The molecule has 15 heavy (non-hydrogen) atoms. The molecule has 1 aromatic carbocycles. The van der Waals surface area contributed by atoms with Crippen LogP contribution in [0.5, 0.6) is 0 Å². The van der Waals surface area contributed by atoms with Crippen molar-refractivity contribution in [1.82, 2.24) is 0 Å². The van der Waals surface area contributed by atoms with E-state index in [0.717, 1.165) is 5.56 Å². The first kappa shape index (κ1) is 11.9. The Morgan fingerprint density at radius 2 is 2.00 bits per heavy atom. The van der Waals surface area contributed by atoms with Gasteiger partial charge >= 0.3 is 5.97 Å². The molecule has 1 rings (SSSR count). The zero-order valence-electron chi connectivity index (χ0n) is 8.30. The lowest BCUT2D eigenvalue weighted by Gasteiger charge is -2.07. The lowest BCUT2D eigenvalue weighted by molar-refractivity contribution is -0.141. The summed E-state index contributed by atoms with van der Waals surface area (Å²) in [7, 11) is -0.0950. The van der Waals surface area contributed by atoms with E-state index in [-0.39, 0.29) is 14.6 Å². The smallest absolute Gasteiger partial charge is 0.307 e. The highest BCUT2D eigenvalue weighted by Gasteiger charge is 2.16. The highest BCUT2D eigenvalue weighted by Crippen LogP contribution is 2.14. The molecule has 0 fully saturated rings. The third-order valence-corrected chi connectivity index (χ3v) is 2.86. The van der Waals surface area contributed by atoms with Gasteiger partial charge in [-0.3, -0.25) is 9.36 Å². The van der Waals surface area contributed by atoms with Crippen molar-refractivity contribution in [3.8, 4) is 0 Å². The van der Waals surface area contributed by atoms with Crippen molar-refractivity contribution in [1.29, 1.82) is 0 Å². The molecule has 0 radical (unpaired) electrons. The number of hydrogen-bond acceptors (Lipinski definition) is 2. The maximum Gasteiger partial charge on any atom is 0.307 e. The van der Waals surface area contributed by atoms with Gasteiger partial charge < -0.3 is 5.11 Å². The van der Waals surface area contributed by atoms with Crippen LogP contribution in [0.25, 0.3) is 0 Å². The molecule has 1 aromatic rings. The van der Waals surface area contributed by atoms with Crippen LogP contribution >= 0.6 is 8.46 Å². The molecule has 0 heterocycles. The summed E-state index contributed by atoms with van der Waals surface area (Å²) in [6.45, 7) is 0. The highest BCUT2D eigenvalue weighted by molar-refractivity contribution is 7.23. The Balaban J connectivity index is 2.47. The molecule has 0 aliphatic rings. The second kappa shape index (κ2) is 6.31. The van der Waals surface area contributed by atoms with Crippen LogP contribution in [0, 0.1) is 5.92 Å². The summed E-state index contributed by atoms with van der Waals surface area (Å²) >= 11 is 0. The molecular weight excluding hydrogens is 211 g/mol. The summed E-state index contributed by atoms with van der Waals surface area (Å²) in [5.41, 5.74) is 1.12. The van der Waals surface area contributed by atoms with Gasteiger partial charge in [-0.05, 0) is 18.4 Å². The van der Waals surface area contributed by atoms with Crippen LogP contribution < -0.4 is 0 Å². The molecule has 4 heteroatoms. The van der Waals surface area contributed by atoms with E-state index in [4.69, 9.17) is 5.11 Å². The molecular formula is C11H13O3P. The Bertz CT molecular complexity index is 324. The van der Waals surface area contributed by atoms with Crippen molar-refractivity contribution in [3.63, 3.8) is 0 Å². The molecule has 1 atom stereocenters. The van der Waals surface area contributed by atoms with E-state index in [1.165, 1.54) is 0 Å². The fourth-order valence-corrected chi connectivity index (χ4v) is 1.89. The van der Waals surface area contributed by atoms with Crippen LogP contribution in [-0.4, -0.2) is 17.2 Å². The van der Waals surface area contributed by atoms with E-state index >= 15 is 0 Å².